The van der Waals surface area contributed by atoms with E-state index in [1.54, 1.807) is 49.5 Å². The number of ether oxygens (including phenoxy) is 1. The number of hydrogen-bond acceptors (Lipinski definition) is 5. The van der Waals surface area contributed by atoms with Gasteiger partial charge >= 0.3 is 5.97 Å². The summed E-state index contributed by atoms with van der Waals surface area (Å²) in [6.45, 7) is 2.09. The number of nitrogens with one attached hydrogen (secondary N) is 2. The summed E-state index contributed by atoms with van der Waals surface area (Å²) < 4.78 is 4.96. The molecule has 0 unspecified atom stereocenters. The van der Waals surface area contributed by atoms with Crippen molar-refractivity contribution in [3.8, 4) is 0 Å². The first-order valence-corrected chi connectivity index (χ1v) is 9.97. The van der Waals surface area contributed by atoms with Gasteiger partial charge in [-0.15, -0.1) is 0 Å². The van der Waals surface area contributed by atoms with Gasteiger partial charge in [0.05, 0.1) is 12.2 Å². The molecule has 0 bridgehead atoms. The molecule has 1 aliphatic carbocycles. The third kappa shape index (κ3) is 5.55. The van der Waals surface area contributed by atoms with Gasteiger partial charge in [-0.25, -0.2) is 9.78 Å². The fourth-order valence-corrected chi connectivity index (χ4v) is 3.39. The molecule has 148 valence electrons. The van der Waals surface area contributed by atoms with E-state index in [2.05, 4.69) is 15.6 Å². The van der Waals surface area contributed by atoms with Crippen LogP contribution in [0.5, 0.6) is 0 Å². The number of nitrogens with zero attached hydrogens (tertiary/aromatic N) is 1. The van der Waals surface area contributed by atoms with Gasteiger partial charge in [0.15, 0.2) is 0 Å². The van der Waals surface area contributed by atoms with Crippen LogP contribution in [0.4, 0.5) is 11.5 Å². The molecule has 0 atom stereocenters. The number of amides is 1. The van der Waals surface area contributed by atoms with Crippen LogP contribution in [0.1, 0.15) is 66.2 Å². The van der Waals surface area contributed by atoms with E-state index in [4.69, 9.17) is 4.74 Å². The van der Waals surface area contributed by atoms with Crippen LogP contribution < -0.4 is 10.6 Å². The molecule has 6 heteroatoms. The van der Waals surface area contributed by atoms with Crippen LogP contribution in [0.3, 0.4) is 0 Å². The van der Waals surface area contributed by atoms with E-state index in [0.717, 1.165) is 18.7 Å². The molecule has 6 nitrogen and oxygen atoms in total. The minimum absolute atomic E-state index is 0.213. The van der Waals surface area contributed by atoms with Crippen molar-refractivity contribution < 1.29 is 14.3 Å². The third-order valence-electron chi connectivity index (χ3n) is 4.88. The van der Waals surface area contributed by atoms with E-state index in [1.165, 1.54) is 25.7 Å². The molecule has 1 fully saturated rings. The molecule has 0 aliphatic heterocycles. The van der Waals surface area contributed by atoms with Gasteiger partial charge in [0.25, 0.3) is 5.91 Å². The molecule has 1 aromatic heterocycles. The van der Waals surface area contributed by atoms with Crippen molar-refractivity contribution >= 4 is 23.4 Å². The zero-order valence-electron chi connectivity index (χ0n) is 16.2. The topological polar surface area (TPSA) is 80.3 Å². The first-order valence-electron chi connectivity index (χ1n) is 9.97. The van der Waals surface area contributed by atoms with Crippen LogP contribution in [-0.2, 0) is 4.74 Å². The van der Waals surface area contributed by atoms with Crippen molar-refractivity contribution in [2.24, 2.45) is 0 Å². The molecule has 2 N–H and O–H groups in total. The van der Waals surface area contributed by atoms with Crippen molar-refractivity contribution in [1.82, 2.24) is 4.98 Å². The average Bonchev–Trinajstić information content (AvgIpc) is 2.97. The molecule has 1 aromatic carbocycles. The highest BCUT2D eigenvalue weighted by Gasteiger charge is 2.14. The van der Waals surface area contributed by atoms with Gasteiger partial charge in [-0.3, -0.25) is 4.79 Å². The Morgan fingerprint density at radius 2 is 1.75 bits per heavy atom. The zero-order chi connectivity index (χ0) is 19.8. The Balaban J connectivity index is 1.61. The van der Waals surface area contributed by atoms with E-state index in [1.807, 2.05) is 0 Å². The Kier molecular flexibility index (Phi) is 7.00. The predicted molar refractivity (Wildman–Crippen MR) is 110 cm³/mol. The molecular weight excluding hydrogens is 354 g/mol. The monoisotopic (exact) mass is 381 g/mol. The number of hydrogen-bond donors (Lipinski definition) is 2. The van der Waals surface area contributed by atoms with E-state index in [9.17, 15) is 9.59 Å². The normalized spacial score (nSPS) is 14.8. The van der Waals surface area contributed by atoms with Gasteiger partial charge in [0.2, 0.25) is 0 Å². The summed E-state index contributed by atoms with van der Waals surface area (Å²) in [5.41, 5.74) is 1.62. The number of pyridine rings is 1. The first-order chi connectivity index (χ1) is 13.7. The Labute approximate surface area is 165 Å². The van der Waals surface area contributed by atoms with Crippen LogP contribution in [0.15, 0.2) is 42.6 Å². The number of carbonyl (C=O) groups excluding carboxylic acids is 2. The molecule has 28 heavy (non-hydrogen) atoms. The summed E-state index contributed by atoms with van der Waals surface area (Å²) in [4.78, 5) is 28.6. The standard InChI is InChI=1S/C22H27N3O3/c1-2-28-22(27)16-9-11-19(12-10-16)25-21(26)17-13-14-23-20(15-17)24-18-7-5-3-4-6-8-18/h9-15,18H,2-8H2,1H3,(H,23,24)(H,25,26). The highest BCUT2D eigenvalue weighted by molar-refractivity contribution is 6.04. The van der Waals surface area contributed by atoms with Crippen molar-refractivity contribution in [2.75, 3.05) is 17.2 Å². The smallest absolute Gasteiger partial charge is 0.338 e. The van der Waals surface area contributed by atoms with E-state index in [-0.39, 0.29) is 11.9 Å². The maximum absolute atomic E-state index is 12.6. The van der Waals surface area contributed by atoms with Crippen molar-refractivity contribution in [3.05, 3.63) is 53.7 Å². The lowest BCUT2D eigenvalue weighted by Gasteiger charge is -2.17. The van der Waals surface area contributed by atoms with Gasteiger partial charge < -0.3 is 15.4 Å². The predicted octanol–water partition coefficient (Wildman–Crippen LogP) is 4.65. The first kappa shape index (κ1) is 19.9. The summed E-state index contributed by atoms with van der Waals surface area (Å²) in [5, 5.41) is 6.32. The summed E-state index contributed by atoms with van der Waals surface area (Å²) in [6, 6.07) is 10.6. The van der Waals surface area contributed by atoms with Crippen molar-refractivity contribution in [1.29, 1.82) is 0 Å². The van der Waals surface area contributed by atoms with Crippen LogP contribution in [0.2, 0.25) is 0 Å². The number of carbonyl (C=O) groups is 2. The average molecular weight is 381 g/mol. The van der Waals surface area contributed by atoms with Crippen LogP contribution in [-0.4, -0.2) is 29.5 Å². The second-order valence-corrected chi connectivity index (χ2v) is 7.01. The Bertz CT molecular complexity index is 797. The van der Waals surface area contributed by atoms with Crippen LogP contribution >= 0.6 is 0 Å². The van der Waals surface area contributed by atoms with Gasteiger partial charge in [-0.05, 0) is 56.2 Å². The zero-order valence-corrected chi connectivity index (χ0v) is 16.2. The third-order valence-corrected chi connectivity index (χ3v) is 4.88. The van der Waals surface area contributed by atoms with Crippen molar-refractivity contribution in [3.63, 3.8) is 0 Å². The van der Waals surface area contributed by atoms with Gasteiger partial charge in [0.1, 0.15) is 5.82 Å². The van der Waals surface area contributed by atoms with E-state index in [0.29, 0.717) is 29.5 Å². The Morgan fingerprint density at radius 1 is 1.04 bits per heavy atom. The summed E-state index contributed by atoms with van der Waals surface area (Å²) in [6.07, 6.45) is 9.00. The highest BCUT2D eigenvalue weighted by atomic mass is 16.5. The Hall–Kier alpha value is -2.89. The molecule has 0 saturated heterocycles. The minimum atomic E-state index is -0.372. The molecule has 1 heterocycles. The van der Waals surface area contributed by atoms with Crippen LogP contribution in [0.25, 0.3) is 0 Å². The molecule has 1 saturated carbocycles. The fourth-order valence-electron chi connectivity index (χ4n) is 3.39. The maximum atomic E-state index is 12.6. The number of rotatable bonds is 6. The maximum Gasteiger partial charge on any atom is 0.338 e. The van der Waals surface area contributed by atoms with Gasteiger partial charge in [-0.2, -0.15) is 0 Å². The Morgan fingerprint density at radius 3 is 2.43 bits per heavy atom. The lowest BCUT2D eigenvalue weighted by Crippen LogP contribution is -2.20. The quantitative estimate of drug-likeness (QED) is 0.562. The van der Waals surface area contributed by atoms with E-state index >= 15 is 0 Å². The summed E-state index contributed by atoms with van der Waals surface area (Å²) in [5.74, 6) is 0.149. The number of aromatic nitrogens is 1. The molecule has 1 aliphatic rings. The van der Waals surface area contributed by atoms with Gasteiger partial charge in [-0.1, -0.05) is 25.7 Å². The highest BCUT2D eigenvalue weighted by Crippen LogP contribution is 2.21. The second kappa shape index (κ2) is 9.88. The lowest BCUT2D eigenvalue weighted by atomic mass is 10.1. The molecule has 3 rings (SSSR count). The second-order valence-electron chi connectivity index (χ2n) is 7.01. The molecule has 0 spiro atoms. The van der Waals surface area contributed by atoms with Crippen LogP contribution in [0, 0.1) is 0 Å². The minimum Gasteiger partial charge on any atom is -0.462 e. The number of esters is 1. The van der Waals surface area contributed by atoms with Gasteiger partial charge in [0, 0.05) is 23.5 Å². The SMILES string of the molecule is CCOC(=O)c1ccc(NC(=O)c2ccnc(NC3CCCCCC3)c2)cc1. The largest absolute Gasteiger partial charge is 0.462 e. The van der Waals surface area contributed by atoms with Crippen molar-refractivity contribution in [2.45, 2.75) is 51.5 Å². The van der Waals surface area contributed by atoms with E-state index < -0.39 is 0 Å². The molecule has 0 radical (unpaired) electrons. The number of anilines is 2. The molecular formula is C22H27N3O3. The lowest BCUT2D eigenvalue weighted by molar-refractivity contribution is 0.0526. The summed E-state index contributed by atoms with van der Waals surface area (Å²) >= 11 is 0. The summed E-state index contributed by atoms with van der Waals surface area (Å²) in [7, 11) is 0. The molecule has 2 aromatic rings. The fraction of sp³-hybridized carbons (Fsp3) is 0.409. The number of benzene rings is 1. The molecule has 1 amide bonds.